The van der Waals surface area contributed by atoms with E-state index in [9.17, 15) is 0 Å². The van der Waals surface area contributed by atoms with Gasteiger partial charge < -0.3 is 9.73 Å². The molecule has 0 amide bonds. The van der Waals surface area contributed by atoms with Crippen molar-refractivity contribution in [2.75, 3.05) is 0 Å². The molecular weight excluding hydrogens is 250 g/mol. The molecule has 2 heterocycles. The van der Waals surface area contributed by atoms with Gasteiger partial charge in [0.25, 0.3) is 0 Å². The molecule has 2 aromatic heterocycles. The Labute approximate surface area is 118 Å². The van der Waals surface area contributed by atoms with Crippen molar-refractivity contribution in [3.8, 4) is 0 Å². The number of nitrogens with one attached hydrogen (secondary N) is 1. The average Bonchev–Trinajstić information content (AvgIpc) is 3.03. The number of nitrogens with zero attached hydrogens (tertiary/aromatic N) is 2. The zero-order valence-corrected chi connectivity index (χ0v) is 11.8. The highest BCUT2D eigenvalue weighted by Crippen LogP contribution is 2.24. The molecule has 0 aliphatic rings. The van der Waals surface area contributed by atoms with E-state index in [4.69, 9.17) is 4.42 Å². The molecule has 0 aliphatic carbocycles. The van der Waals surface area contributed by atoms with Gasteiger partial charge in [-0.1, -0.05) is 18.2 Å². The molecule has 20 heavy (non-hydrogen) atoms. The lowest BCUT2D eigenvalue weighted by Gasteiger charge is -2.13. The summed E-state index contributed by atoms with van der Waals surface area (Å²) in [5.74, 6) is 0.991. The Morgan fingerprint density at radius 3 is 2.95 bits per heavy atom. The number of fused-ring (bicyclic) bond motifs is 1. The fourth-order valence-electron chi connectivity index (χ4n) is 2.47. The van der Waals surface area contributed by atoms with Gasteiger partial charge in [-0.2, -0.15) is 5.10 Å². The number of furan rings is 1. The van der Waals surface area contributed by atoms with Crippen LogP contribution in [0.3, 0.4) is 0 Å². The Morgan fingerprint density at radius 2 is 2.15 bits per heavy atom. The normalized spacial score (nSPS) is 12.9. The van der Waals surface area contributed by atoms with E-state index in [2.05, 4.69) is 23.4 Å². The third-order valence-electron chi connectivity index (χ3n) is 3.55. The fourth-order valence-corrected chi connectivity index (χ4v) is 2.47. The van der Waals surface area contributed by atoms with Crippen LogP contribution in [0.4, 0.5) is 0 Å². The highest BCUT2D eigenvalue weighted by Gasteiger charge is 2.11. The first kappa shape index (κ1) is 12.9. The summed E-state index contributed by atoms with van der Waals surface area (Å²) in [5.41, 5.74) is 2.20. The van der Waals surface area contributed by atoms with Gasteiger partial charge in [-0.3, -0.25) is 4.68 Å². The summed E-state index contributed by atoms with van der Waals surface area (Å²) in [6.45, 7) is 5.86. The fraction of sp³-hybridized carbons (Fsp3) is 0.312. The van der Waals surface area contributed by atoms with Crippen LogP contribution in [0, 0.1) is 6.92 Å². The number of hydrogen-bond acceptors (Lipinski definition) is 3. The predicted molar refractivity (Wildman–Crippen MR) is 79.5 cm³/mol. The van der Waals surface area contributed by atoms with Crippen molar-refractivity contribution in [3.05, 3.63) is 54.0 Å². The third kappa shape index (κ3) is 2.60. The van der Waals surface area contributed by atoms with Crippen molar-refractivity contribution in [1.29, 1.82) is 0 Å². The maximum atomic E-state index is 5.78. The lowest BCUT2D eigenvalue weighted by molar-refractivity contribution is 0.448. The van der Waals surface area contributed by atoms with Crippen molar-refractivity contribution in [1.82, 2.24) is 15.1 Å². The maximum absolute atomic E-state index is 5.78. The first-order valence-corrected chi connectivity index (χ1v) is 6.92. The van der Waals surface area contributed by atoms with Gasteiger partial charge >= 0.3 is 0 Å². The van der Waals surface area contributed by atoms with E-state index in [1.807, 2.05) is 42.1 Å². The Balaban J connectivity index is 1.69. The number of aryl methyl sites for hydroxylation is 1. The van der Waals surface area contributed by atoms with E-state index in [1.54, 1.807) is 6.20 Å². The van der Waals surface area contributed by atoms with Crippen LogP contribution >= 0.6 is 0 Å². The van der Waals surface area contributed by atoms with Crippen molar-refractivity contribution >= 4 is 11.0 Å². The smallest absolute Gasteiger partial charge is 0.134 e. The molecule has 4 nitrogen and oxygen atoms in total. The lowest BCUT2D eigenvalue weighted by atomic mass is 10.1. The van der Waals surface area contributed by atoms with Crippen LogP contribution in [0.1, 0.15) is 18.2 Å². The number of aromatic nitrogens is 2. The average molecular weight is 269 g/mol. The molecule has 0 saturated heterocycles. The Morgan fingerprint density at radius 1 is 1.30 bits per heavy atom. The van der Waals surface area contributed by atoms with Gasteiger partial charge in [0, 0.05) is 35.9 Å². The first-order chi connectivity index (χ1) is 9.74. The van der Waals surface area contributed by atoms with Crippen LogP contribution < -0.4 is 5.32 Å². The molecule has 3 rings (SSSR count). The third-order valence-corrected chi connectivity index (χ3v) is 3.55. The standard InChI is InChI=1S/C16H19N3O/c1-12(11-19-9-5-8-18-19)17-10-15-13(2)20-16-7-4-3-6-14(15)16/h3-9,12,17H,10-11H2,1-2H3. The zero-order chi connectivity index (χ0) is 13.9. The number of rotatable bonds is 5. The zero-order valence-electron chi connectivity index (χ0n) is 11.8. The van der Waals surface area contributed by atoms with Crippen LogP contribution in [0.15, 0.2) is 47.1 Å². The van der Waals surface area contributed by atoms with Gasteiger partial charge in [0.2, 0.25) is 0 Å². The molecule has 0 spiro atoms. The molecule has 0 saturated carbocycles. The van der Waals surface area contributed by atoms with E-state index in [0.29, 0.717) is 6.04 Å². The topological polar surface area (TPSA) is 43.0 Å². The summed E-state index contributed by atoms with van der Waals surface area (Å²) in [4.78, 5) is 0. The SMILES string of the molecule is Cc1oc2ccccc2c1CNC(C)Cn1cccn1. The van der Waals surface area contributed by atoms with Gasteiger partial charge in [0.15, 0.2) is 0 Å². The molecule has 0 aliphatic heterocycles. The Bertz CT molecular complexity index is 685. The number of para-hydroxylation sites is 1. The summed E-state index contributed by atoms with van der Waals surface area (Å²) >= 11 is 0. The predicted octanol–water partition coefficient (Wildman–Crippen LogP) is 3.12. The van der Waals surface area contributed by atoms with Gasteiger partial charge in [-0.15, -0.1) is 0 Å². The van der Waals surface area contributed by atoms with E-state index in [0.717, 1.165) is 24.4 Å². The second-order valence-electron chi connectivity index (χ2n) is 5.14. The van der Waals surface area contributed by atoms with E-state index >= 15 is 0 Å². The second kappa shape index (κ2) is 5.51. The maximum Gasteiger partial charge on any atom is 0.134 e. The van der Waals surface area contributed by atoms with Crippen LogP contribution in [-0.4, -0.2) is 15.8 Å². The Kier molecular flexibility index (Phi) is 3.56. The summed E-state index contributed by atoms with van der Waals surface area (Å²) in [6, 6.07) is 10.5. The lowest BCUT2D eigenvalue weighted by Crippen LogP contribution is -2.30. The second-order valence-corrected chi connectivity index (χ2v) is 5.14. The largest absolute Gasteiger partial charge is 0.461 e. The molecular formula is C16H19N3O. The van der Waals surface area contributed by atoms with Gasteiger partial charge in [0.05, 0.1) is 6.54 Å². The molecule has 0 bridgehead atoms. The van der Waals surface area contributed by atoms with Gasteiger partial charge in [0.1, 0.15) is 11.3 Å². The quantitative estimate of drug-likeness (QED) is 0.774. The molecule has 0 radical (unpaired) electrons. The molecule has 1 unspecified atom stereocenters. The number of hydrogen-bond donors (Lipinski definition) is 1. The van der Waals surface area contributed by atoms with Crippen molar-refractivity contribution < 1.29 is 4.42 Å². The summed E-state index contributed by atoms with van der Waals surface area (Å²) in [7, 11) is 0. The molecule has 3 aromatic rings. The van der Waals surface area contributed by atoms with Crippen LogP contribution in [0.25, 0.3) is 11.0 Å². The molecule has 4 heteroatoms. The van der Waals surface area contributed by atoms with Crippen LogP contribution in [-0.2, 0) is 13.1 Å². The van der Waals surface area contributed by atoms with E-state index < -0.39 is 0 Å². The first-order valence-electron chi connectivity index (χ1n) is 6.92. The monoisotopic (exact) mass is 269 g/mol. The van der Waals surface area contributed by atoms with Crippen LogP contribution in [0.5, 0.6) is 0 Å². The van der Waals surface area contributed by atoms with Gasteiger partial charge in [-0.05, 0) is 26.0 Å². The van der Waals surface area contributed by atoms with Gasteiger partial charge in [-0.25, -0.2) is 0 Å². The highest BCUT2D eigenvalue weighted by molar-refractivity contribution is 5.82. The van der Waals surface area contributed by atoms with Crippen molar-refractivity contribution in [3.63, 3.8) is 0 Å². The molecule has 1 N–H and O–H groups in total. The summed E-state index contributed by atoms with van der Waals surface area (Å²) in [6.07, 6.45) is 3.79. The minimum absolute atomic E-state index is 0.350. The van der Waals surface area contributed by atoms with E-state index in [-0.39, 0.29) is 0 Å². The Hall–Kier alpha value is -2.07. The van der Waals surface area contributed by atoms with E-state index in [1.165, 1.54) is 10.9 Å². The summed E-state index contributed by atoms with van der Waals surface area (Å²) in [5, 5.41) is 8.96. The number of benzene rings is 1. The minimum atomic E-state index is 0.350. The molecule has 0 fully saturated rings. The molecule has 104 valence electrons. The van der Waals surface area contributed by atoms with Crippen LogP contribution in [0.2, 0.25) is 0 Å². The molecule has 1 atom stereocenters. The highest BCUT2D eigenvalue weighted by atomic mass is 16.3. The summed E-state index contributed by atoms with van der Waals surface area (Å²) < 4.78 is 7.72. The minimum Gasteiger partial charge on any atom is -0.461 e. The van der Waals surface area contributed by atoms with Crippen molar-refractivity contribution in [2.45, 2.75) is 33.0 Å². The molecule has 1 aromatic carbocycles. The van der Waals surface area contributed by atoms with Crippen molar-refractivity contribution in [2.24, 2.45) is 0 Å².